The molecule has 1 aliphatic heterocycles. The lowest BCUT2D eigenvalue weighted by Gasteiger charge is -2.24. The number of benzene rings is 1. The number of rotatable bonds is 6. The third-order valence-corrected chi connectivity index (χ3v) is 5.30. The van der Waals surface area contributed by atoms with Gasteiger partial charge in [-0.1, -0.05) is 43.5 Å². The Morgan fingerprint density at radius 3 is 2.50 bits per heavy atom. The van der Waals surface area contributed by atoms with Crippen LogP contribution in [0.15, 0.2) is 29.3 Å². The molecule has 5 heteroatoms. The minimum absolute atomic E-state index is 0.238. The van der Waals surface area contributed by atoms with Gasteiger partial charge in [0, 0.05) is 38.6 Å². The van der Waals surface area contributed by atoms with E-state index in [9.17, 15) is 4.79 Å². The van der Waals surface area contributed by atoms with Crippen LogP contribution in [0.3, 0.4) is 0 Å². The maximum Gasteiger partial charge on any atom is 0.223 e. The second-order valence-electron chi connectivity index (χ2n) is 7.36. The average molecular weight is 357 g/mol. The topological polar surface area (TPSA) is 56.7 Å². The van der Waals surface area contributed by atoms with E-state index in [1.807, 2.05) is 17.0 Å². The van der Waals surface area contributed by atoms with Crippen LogP contribution >= 0.6 is 0 Å². The standard InChI is InChI=1S/C21H32N4O/c1-2-22-21(24-19-11-4-3-5-12-19)23-14-8-13-20(26)25-15-17-9-6-7-10-18(17)16-25/h6-7,9-10,19H,2-5,8,11-16H2,1H3,(H2,22,23,24). The summed E-state index contributed by atoms with van der Waals surface area (Å²) in [6.45, 7) is 5.15. The Morgan fingerprint density at radius 1 is 1.15 bits per heavy atom. The predicted octanol–water partition coefficient (Wildman–Crippen LogP) is 3.20. The summed E-state index contributed by atoms with van der Waals surface area (Å²) in [6.07, 6.45) is 7.81. The second-order valence-corrected chi connectivity index (χ2v) is 7.36. The van der Waals surface area contributed by atoms with Crippen molar-refractivity contribution in [1.29, 1.82) is 0 Å². The Kier molecular flexibility index (Phi) is 6.92. The van der Waals surface area contributed by atoms with Crippen LogP contribution in [0.2, 0.25) is 0 Å². The molecule has 1 fully saturated rings. The first kappa shape index (κ1) is 18.7. The summed E-state index contributed by atoms with van der Waals surface area (Å²) in [6, 6.07) is 8.87. The summed E-state index contributed by atoms with van der Waals surface area (Å²) in [5.74, 6) is 1.14. The third kappa shape index (κ3) is 5.23. The van der Waals surface area contributed by atoms with Gasteiger partial charge in [0.1, 0.15) is 0 Å². The van der Waals surface area contributed by atoms with Gasteiger partial charge < -0.3 is 15.5 Å². The lowest BCUT2D eigenvalue weighted by molar-refractivity contribution is -0.131. The first-order chi connectivity index (χ1) is 12.8. The molecule has 3 rings (SSSR count). The van der Waals surface area contributed by atoms with E-state index in [0.29, 0.717) is 19.0 Å². The van der Waals surface area contributed by atoms with E-state index in [-0.39, 0.29) is 5.91 Å². The van der Waals surface area contributed by atoms with Gasteiger partial charge in [0.05, 0.1) is 0 Å². The van der Waals surface area contributed by atoms with Crippen molar-refractivity contribution in [2.75, 3.05) is 13.1 Å². The van der Waals surface area contributed by atoms with Gasteiger partial charge in [-0.25, -0.2) is 0 Å². The monoisotopic (exact) mass is 356 g/mol. The number of amides is 1. The second kappa shape index (κ2) is 9.60. The van der Waals surface area contributed by atoms with Crippen LogP contribution in [0, 0.1) is 0 Å². The highest BCUT2D eigenvalue weighted by Crippen LogP contribution is 2.23. The predicted molar refractivity (Wildman–Crippen MR) is 106 cm³/mol. The number of carbonyl (C=O) groups is 1. The van der Waals surface area contributed by atoms with Crippen molar-refractivity contribution < 1.29 is 4.79 Å². The van der Waals surface area contributed by atoms with Gasteiger partial charge in [0.2, 0.25) is 5.91 Å². The zero-order valence-corrected chi connectivity index (χ0v) is 16.0. The van der Waals surface area contributed by atoms with Gasteiger partial charge in [-0.05, 0) is 37.3 Å². The molecule has 0 atom stereocenters. The lowest BCUT2D eigenvalue weighted by atomic mass is 9.96. The Balaban J connectivity index is 1.41. The minimum atomic E-state index is 0.238. The molecule has 142 valence electrons. The Bertz CT molecular complexity index is 597. The van der Waals surface area contributed by atoms with Crippen LogP contribution in [-0.2, 0) is 17.9 Å². The van der Waals surface area contributed by atoms with Gasteiger partial charge in [-0.2, -0.15) is 0 Å². The molecule has 1 aromatic rings. The number of guanidine groups is 1. The van der Waals surface area contributed by atoms with E-state index in [0.717, 1.165) is 32.0 Å². The van der Waals surface area contributed by atoms with Gasteiger partial charge >= 0.3 is 0 Å². The lowest BCUT2D eigenvalue weighted by Crippen LogP contribution is -2.44. The molecule has 2 N–H and O–H groups in total. The highest BCUT2D eigenvalue weighted by molar-refractivity contribution is 5.80. The smallest absolute Gasteiger partial charge is 0.223 e. The molecule has 2 aliphatic rings. The highest BCUT2D eigenvalue weighted by Gasteiger charge is 2.22. The molecule has 5 nitrogen and oxygen atoms in total. The zero-order chi connectivity index (χ0) is 18.2. The molecule has 1 amide bonds. The molecule has 1 aliphatic carbocycles. The van der Waals surface area contributed by atoms with Crippen LogP contribution in [0.4, 0.5) is 0 Å². The first-order valence-electron chi connectivity index (χ1n) is 10.2. The van der Waals surface area contributed by atoms with Crippen molar-refractivity contribution in [2.24, 2.45) is 4.99 Å². The molecule has 0 saturated heterocycles. The molecular formula is C21H32N4O. The fourth-order valence-electron chi connectivity index (χ4n) is 3.85. The fraction of sp³-hybridized carbons (Fsp3) is 0.619. The normalized spacial score (nSPS) is 17.9. The van der Waals surface area contributed by atoms with Crippen molar-refractivity contribution >= 4 is 11.9 Å². The minimum Gasteiger partial charge on any atom is -0.357 e. The third-order valence-electron chi connectivity index (χ3n) is 5.30. The molecule has 0 spiro atoms. The quantitative estimate of drug-likeness (QED) is 0.467. The average Bonchev–Trinajstić information content (AvgIpc) is 3.10. The Morgan fingerprint density at radius 2 is 1.85 bits per heavy atom. The van der Waals surface area contributed by atoms with Crippen LogP contribution < -0.4 is 10.6 Å². The number of carbonyl (C=O) groups excluding carboxylic acids is 1. The Hall–Kier alpha value is -2.04. The SMILES string of the molecule is CCNC(=NCCCC(=O)N1Cc2ccccc2C1)NC1CCCCC1. The van der Waals surface area contributed by atoms with Crippen LogP contribution in [0.5, 0.6) is 0 Å². The zero-order valence-electron chi connectivity index (χ0n) is 16.0. The summed E-state index contributed by atoms with van der Waals surface area (Å²) < 4.78 is 0. The number of aliphatic imine (C=N–C) groups is 1. The maximum absolute atomic E-state index is 12.4. The summed E-state index contributed by atoms with van der Waals surface area (Å²) in [4.78, 5) is 19.1. The van der Waals surface area contributed by atoms with E-state index < -0.39 is 0 Å². The van der Waals surface area contributed by atoms with Gasteiger partial charge in [0.15, 0.2) is 5.96 Å². The van der Waals surface area contributed by atoms with Crippen LogP contribution in [0.1, 0.15) is 63.0 Å². The molecule has 1 aromatic carbocycles. The van der Waals surface area contributed by atoms with Crippen molar-refractivity contribution in [3.8, 4) is 0 Å². The van der Waals surface area contributed by atoms with Gasteiger partial charge in [-0.15, -0.1) is 0 Å². The summed E-state index contributed by atoms with van der Waals surface area (Å²) in [5, 5.41) is 6.88. The van der Waals surface area contributed by atoms with E-state index in [2.05, 4.69) is 34.7 Å². The molecule has 1 heterocycles. The van der Waals surface area contributed by atoms with Crippen molar-refractivity contribution in [1.82, 2.24) is 15.5 Å². The summed E-state index contributed by atoms with van der Waals surface area (Å²) >= 11 is 0. The van der Waals surface area contributed by atoms with Crippen LogP contribution in [0.25, 0.3) is 0 Å². The number of fused-ring (bicyclic) bond motifs is 1. The Labute approximate surface area is 157 Å². The molecular weight excluding hydrogens is 324 g/mol. The first-order valence-corrected chi connectivity index (χ1v) is 10.2. The van der Waals surface area contributed by atoms with E-state index in [4.69, 9.17) is 0 Å². The number of nitrogens with one attached hydrogen (secondary N) is 2. The molecule has 0 radical (unpaired) electrons. The summed E-state index contributed by atoms with van der Waals surface area (Å²) in [7, 11) is 0. The van der Waals surface area contributed by atoms with Crippen molar-refractivity contribution in [3.05, 3.63) is 35.4 Å². The molecule has 0 aromatic heterocycles. The van der Waals surface area contributed by atoms with Crippen LogP contribution in [-0.4, -0.2) is 35.9 Å². The molecule has 26 heavy (non-hydrogen) atoms. The molecule has 1 saturated carbocycles. The molecule has 0 unspecified atom stereocenters. The maximum atomic E-state index is 12.4. The van der Waals surface area contributed by atoms with Gasteiger partial charge in [0.25, 0.3) is 0 Å². The van der Waals surface area contributed by atoms with Crippen molar-refractivity contribution in [3.63, 3.8) is 0 Å². The van der Waals surface area contributed by atoms with Crippen molar-refractivity contribution in [2.45, 2.75) is 71.0 Å². The fourth-order valence-corrected chi connectivity index (χ4v) is 3.85. The highest BCUT2D eigenvalue weighted by atomic mass is 16.2. The van der Waals surface area contributed by atoms with E-state index in [1.54, 1.807) is 0 Å². The summed E-state index contributed by atoms with van der Waals surface area (Å²) in [5.41, 5.74) is 2.56. The number of nitrogens with zero attached hydrogens (tertiary/aromatic N) is 2. The van der Waals surface area contributed by atoms with Gasteiger partial charge in [-0.3, -0.25) is 9.79 Å². The number of hydrogen-bond donors (Lipinski definition) is 2. The van der Waals surface area contributed by atoms with E-state index in [1.165, 1.54) is 43.2 Å². The molecule has 0 bridgehead atoms. The number of hydrogen-bond acceptors (Lipinski definition) is 2. The largest absolute Gasteiger partial charge is 0.357 e. The van der Waals surface area contributed by atoms with E-state index >= 15 is 0 Å².